The summed E-state index contributed by atoms with van der Waals surface area (Å²) in [7, 11) is 0. The first-order valence-corrected chi connectivity index (χ1v) is 11.8. The van der Waals surface area contributed by atoms with Gasteiger partial charge in [-0.15, -0.1) is 0 Å². The van der Waals surface area contributed by atoms with Gasteiger partial charge in [-0.1, -0.05) is 35.9 Å². The molecule has 2 aromatic carbocycles. The number of hydrogen-bond acceptors (Lipinski definition) is 3. The van der Waals surface area contributed by atoms with Crippen LogP contribution >= 0.6 is 0 Å². The van der Waals surface area contributed by atoms with Gasteiger partial charge < -0.3 is 15.1 Å². The third-order valence-electron chi connectivity index (χ3n) is 6.94. The van der Waals surface area contributed by atoms with Crippen LogP contribution in [-0.4, -0.2) is 61.1 Å². The van der Waals surface area contributed by atoms with Gasteiger partial charge in [-0.05, 0) is 57.2 Å². The Balaban J connectivity index is 1.39. The molecule has 2 aliphatic rings. The lowest BCUT2D eigenvalue weighted by Crippen LogP contribution is -2.49. The molecule has 5 nitrogen and oxygen atoms in total. The second kappa shape index (κ2) is 9.90. The van der Waals surface area contributed by atoms with Gasteiger partial charge in [0.2, 0.25) is 0 Å². The summed E-state index contributed by atoms with van der Waals surface area (Å²) < 4.78 is 14.8. The zero-order valence-electron chi connectivity index (χ0n) is 19.5. The Morgan fingerprint density at radius 2 is 1.62 bits per heavy atom. The van der Waals surface area contributed by atoms with Gasteiger partial charge in [-0.2, -0.15) is 0 Å². The Morgan fingerprint density at radius 1 is 0.969 bits per heavy atom. The van der Waals surface area contributed by atoms with Gasteiger partial charge in [-0.25, -0.2) is 9.18 Å². The maximum Gasteiger partial charge on any atom is 0.321 e. The summed E-state index contributed by atoms with van der Waals surface area (Å²) in [4.78, 5) is 19.4. The molecule has 6 heteroatoms. The maximum absolute atomic E-state index is 14.8. The second-order valence-electron chi connectivity index (χ2n) is 9.35. The quantitative estimate of drug-likeness (QED) is 0.724. The molecule has 2 amide bonds. The fraction of sp³-hybridized carbons (Fsp3) is 0.500. The number of nitrogens with one attached hydrogen (secondary N) is 1. The Bertz CT molecular complexity index is 914. The van der Waals surface area contributed by atoms with Crippen molar-refractivity contribution in [3.63, 3.8) is 0 Å². The van der Waals surface area contributed by atoms with E-state index in [-0.39, 0.29) is 11.8 Å². The monoisotopic (exact) mass is 438 g/mol. The van der Waals surface area contributed by atoms with E-state index < -0.39 is 0 Å². The number of piperazine rings is 1. The highest BCUT2D eigenvalue weighted by molar-refractivity contribution is 5.93. The fourth-order valence-corrected chi connectivity index (χ4v) is 4.82. The minimum absolute atomic E-state index is 0.209. The molecule has 0 unspecified atom stereocenters. The first kappa shape index (κ1) is 22.6. The molecular formula is C26H35FN4O. The van der Waals surface area contributed by atoms with Gasteiger partial charge >= 0.3 is 6.03 Å². The standard InChI is InChI=1S/C26H35FN4O/c1-19(2)29-15-17-30(18-16-29)24-6-4-5-23(27)25(24)28-26(32)31-13-11-22(12-14-31)21-9-7-20(3)8-10-21/h4-10,19,22H,11-18H2,1-3H3,(H,28,32). The van der Waals surface area contributed by atoms with Crippen LogP contribution in [0.15, 0.2) is 42.5 Å². The van der Waals surface area contributed by atoms with E-state index in [9.17, 15) is 9.18 Å². The van der Waals surface area contributed by atoms with Crippen molar-refractivity contribution in [2.75, 3.05) is 49.5 Å². The van der Waals surface area contributed by atoms with Crippen molar-refractivity contribution in [2.45, 2.75) is 45.6 Å². The number of nitrogens with zero attached hydrogens (tertiary/aromatic N) is 3. The molecule has 172 valence electrons. The highest BCUT2D eigenvalue weighted by Crippen LogP contribution is 2.32. The number of aryl methyl sites for hydroxylation is 1. The molecule has 2 aromatic rings. The molecule has 2 saturated heterocycles. The van der Waals surface area contributed by atoms with E-state index in [1.807, 2.05) is 11.0 Å². The Hall–Kier alpha value is -2.60. The van der Waals surface area contributed by atoms with Crippen molar-refractivity contribution < 1.29 is 9.18 Å². The van der Waals surface area contributed by atoms with E-state index in [4.69, 9.17) is 0 Å². The number of para-hydroxylation sites is 1. The molecule has 0 spiro atoms. The SMILES string of the molecule is Cc1ccc(C2CCN(C(=O)Nc3c(F)cccc3N3CCN(C(C)C)CC3)CC2)cc1. The summed E-state index contributed by atoms with van der Waals surface area (Å²) in [6.45, 7) is 11.4. The third-order valence-corrected chi connectivity index (χ3v) is 6.94. The lowest BCUT2D eigenvalue weighted by atomic mass is 9.89. The van der Waals surface area contributed by atoms with Crippen molar-refractivity contribution in [1.29, 1.82) is 0 Å². The Labute approximate surface area is 191 Å². The third kappa shape index (κ3) is 5.07. The second-order valence-corrected chi connectivity index (χ2v) is 9.35. The molecule has 2 fully saturated rings. The number of urea groups is 1. The summed E-state index contributed by atoms with van der Waals surface area (Å²) in [5.74, 6) is 0.0950. The largest absolute Gasteiger partial charge is 0.367 e. The van der Waals surface area contributed by atoms with Gasteiger partial charge in [0, 0.05) is 45.3 Å². The Kier molecular flexibility index (Phi) is 6.99. The van der Waals surface area contributed by atoms with E-state index in [2.05, 4.69) is 60.2 Å². The number of hydrogen-bond donors (Lipinski definition) is 1. The summed E-state index contributed by atoms with van der Waals surface area (Å²) in [5.41, 5.74) is 3.68. The zero-order chi connectivity index (χ0) is 22.7. The molecule has 0 bridgehead atoms. The maximum atomic E-state index is 14.8. The van der Waals surface area contributed by atoms with Crippen LogP contribution in [-0.2, 0) is 0 Å². The minimum Gasteiger partial charge on any atom is -0.367 e. The number of carbonyl (C=O) groups is 1. The number of piperidine rings is 1. The molecule has 1 N–H and O–H groups in total. The van der Waals surface area contributed by atoms with Crippen molar-refractivity contribution in [3.05, 3.63) is 59.4 Å². The normalized spacial score (nSPS) is 18.3. The van der Waals surface area contributed by atoms with Crippen molar-refractivity contribution >= 4 is 17.4 Å². The van der Waals surface area contributed by atoms with Crippen LogP contribution in [0.5, 0.6) is 0 Å². The molecule has 0 saturated carbocycles. The number of benzene rings is 2. The molecule has 2 aliphatic heterocycles. The van der Waals surface area contributed by atoms with Crippen LogP contribution in [0.3, 0.4) is 0 Å². The van der Waals surface area contributed by atoms with Crippen molar-refractivity contribution in [1.82, 2.24) is 9.80 Å². The predicted octanol–water partition coefficient (Wildman–Crippen LogP) is 5.08. The van der Waals surface area contributed by atoms with Crippen LogP contribution in [0.4, 0.5) is 20.6 Å². The number of likely N-dealkylation sites (tertiary alicyclic amines) is 1. The number of carbonyl (C=O) groups excluding carboxylic acids is 1. The van der Waals surface area contributed by atoms with Gasteiger partial charge in [0.05, 0.1) is 5.69 Å². The van der Waals surface area contributed by atoms with Gasteiger partial charge in [0.15, 0.2) is 0 Å². The molecule has 0 aliphatic carbocycles. The van der Waals surface area contributed by atoms with Gasteiger partial charge in [0.1, 0.15) is 11.5 Å². The predicted molar refractivity (Wildman–Crippen MR) is 129 cm³/mol. The Morgan fingerprint density at radius 3 is 2.25 bits per heavy atom. The lowest BCUT2D eigenvalue weighted by Gasteiger charge is -2.39. The fourth-order valence-electron chi connectivity index (χ4n) is 4.82. The molecule has 32 heavy (non-hydrogen) atoms. The molecule has 4 rings (SSSR count). The number of rotatable bonds is 4. The average molecular weight is 439 g/mol. The first-order chi connectivity index (χ1) is 15.4. The summed E-state index contributed by atoms with van der Waals surface area (Å²) in [6.07, 6.45) is 1.86. The first-order valence-electron chi connectivity index (χ1n) is 11.8. The van der Waals surface area contributed by atoms with E-state index in [0.29, 0.717) is 30.7 Å². The number of amides is 2. The molecule has 0 atom stereocenters. The average Bonchev–Trinajstić information content (AvgIpc) is 2.81. The molecule has 2 heterocycles. The van der Waals surface area contributed by atoms with Crippen LogP contribution in [0.25, 0.3) is 0 Å². The van der Waals surface area contributed by atoms with Crippen molar-refractivity contribution in [2.24, 2.45) is 0 Å². The molecular weight excluding hydrogens is 403 g/mol. The molecule has 0 radical (unpaired) electrons. The van der Waals surface area contributed by atoms with Crippen molar-refractivity contribution in [3.8, 4) is 0 Å². The van der Waals surface area contributed by atoms with E-state index >= 15 is 0 Å². The van der Waals surface area contributed by atoms with Crippen LogP contribution in [0.2, 0.25) is 0 Å². The van der Waals surface area contributed by atoms with Gasteiger partial charge in [0.25, 0.3) is 0 Å². The lowest BCUT2D eigenvalue weighted by molar-refractivity contribution is 0.194. The zero-order valence-corrected chi connectivity index (χ0v) is 19.5. The van der Waals surface area contributed by atoms with E-state index in [1.165, 1.54) is 17.2 Å². The van der Waals surface area contributed by atoms with Gasteiger partial charge in [-0.3, -0.25) is 4.90 Å². The number of anilines is 2. The highest BCUT2D eigenvalue weighted by Gasteiger charge is 2.27. The van der Waals surface area contributed by atoms with Crippen LogP contribution in [0, 0.1) is 12.7 Å². The smallest absolute Gasteiger partial charge is 0.321 e. The summed E-state index contributed by atoms with van der Waals surface area (Å²) in [5, 5.41) is 2.90. The molecule has 0 aromatic heterocycles. The van der Waals surface area contributed by atoms with Crippen LogP contribution in [0.1, 0.15) is 43.7 Å². The summed E-state index contributed by atoms with van der Waals surface area (Å²) in [6, 6.07) is 14.0. The topological polar surface area (TPSA) is 38.8 Å². The van der Waals surface area contributed by atoms with E-state index in [1.54, 1.807) is 6.07 Å². The highest BCUT2D eigenvalue weighted by atomic mass is 19.1. The number of halogens is 1. The van der Waals surface area contributed by atoms with Crippen LogP contribution < -0.4 is 10.2 Å². The van der Waals surface area contributed by atoms with E-state index in [0.717, 1.165) is 44.7 Å². The summed E-state index contributed by atoms with van der Waals surface area (Å²) >= 11 is 0. The minimum atomic E-state index is -0.378.